The predicted molar refractivity (Wildman–Crippen MR) is 64.9 cm³/mol. The second kappa shape index (κ2) is 7.17. The number of hydrogen-bond donors (Lipinski definition) is 2. The van der Waals surface area contributed by atoms with E-state index >= 15 is 0 Å². The summed E-state index contributed by atoms with van der Waals surface area (Å²) in [6, 6.07) is 0. The number of aliphatic hydroxyl groups is 1. The van der Waals surface area contributed by atoms with Crippen molar-refractivity contribution in [1.29, 1.82) is 0 Å². The van der Waals surface area contributed by atoms with Crippen molar-refractivity contribution in [2.45, 2.75) is 13.0 Å². The number of nitrogens with one attached hydrogen (secondary N) is 1. The van der Waals surface area contributed by atoms with E-state index in [9.17, 15) is 5.11 Å². The third kappa shape index (κ3) is 7.73. The maximum absolute atomic E-state index is 9.50. The standard InChI is InChI=1S/C11H28N3O/c1-11(15)10-14(5,8-6-12-2)9-7-13(3)4/h11-12,15H,6-10H2,1-5H3/q+1. The van der Waals surface area contributed by atoms with Crippen LogP contribution in [0.1, 0.15) is 6.92 Å². The molecule has 0 aromatic rings. The summed E-state index contributed by atoms with van der Waals surface area (Å²) in [6.45, 7) is 6.90. The monoisotopic (exact) mass is 218 g/mol. The van der Waals surface area contributed by atoms with E-state index in [1.165, 1.54) is 0 Å². The summed E-state index contributed by atoms with van der Waals surface area (Å²) in [6.07, 6.45) is -0.228. The lowest BCUT2D eigenvalue weighted by Gasteiger charge is -2.36. The van der Waals surface area contributed by atoms with E-state index in [4.69, 9.17) is 0 Å². The van der Waals surface area contributed by atoms with Crippen molar-refractivity contribution in [3.8, 4) is 0 Å². The highest BCUT2D eigenvalue weighted by Gasteiger charge is 2.22. The van der Waals surface area contributed by atoms with Crippen LogP contribution in [0.4, 0.5) is 0 Å². The lowest BCUT2D eigenvalue weighted by Crippen LogP contribution is -2.53. The molecule has 15 heavy (non-hydrogen) atoms. The molecule has 2 unspecified atom stereocenters. The van der Waals surface area contributed by atoms with Crippen molar-refractivity contribution in [2.24, 2.45) is 0 Å². The lowest BCUT2D eigenvalue weighted by atomic mass is 10.3. The van der Waals surface area contributed by atoms with Crippen LogP contribution in [-0.2, 0) is 0 Å². The van der Waals surface area contributed by atoms with Gasteiger partial charge in [0.25, 0.3) is 0 Å². The van der Waals surface area contributed by atoms with Crippen LogP contribution in [0.2, 0.25) is 0 Å². The zero-order valence-corrected chi connectivity index (χ0v) is 11.0. The van der Waals surface area contributed by atoms with E-state index < -0.39 is 0 Å². The number of nitrogens with zero attached hydrogens (tertiary/aromatic N) is 2. The smallest absolute Gasteiger partial charge is 0.105 e. The molecule has 0 amide bonds. The third-order valence-corrected chi connectivity index (χ3v) is 2.69. The van der Waals surface area contributed by atoms with Gasteiger partial charge in [-0.1, -0.05) is 0 Å². The minimum Gasteiger partial charge on any atom is -0.388 e. The van der Waals surface area contributed by atoms with Crippen LogP contribution in [0, 0.1) is 0 Å². The molecule has 0 aliphatic rings. The Morgan fingerprint density at radius 3 is 2.33 bits per heavy atom. The molecular weight excluding hydrogens is 190 g/mol. The van der Waals surface area contributed by atoms with Crippen LogP contribution in [0.3, 0.4) is 0 Å². The summed E-state index contributed by atoms with van der Waals surface area (Å²) in [5, 5.41) is 12.7. The summed E-state index contributed by atoms with van der Waals surface area (Å²) < 4.78 is 0.927. The number of hydrogen-bond acceptors (Lipinski definition) is 3. The Morgan fingerprint density at radius 2 is 1.93 bits per heavy atom. The number of aliphatic hydroxyl groups excluding tert-OH is 1. The first-order valence-corrected chi connectivity index (χ1v) is 5.70. The molecule has 0 radical (unpaired) electrons. The quantitative estimate of drug-likeness (QED) is 0.544. The van der Waals surface area contributed by atoms with Crippen molar-refractivity contribution in [3.05, 3.63) is 0 Å². The zero-order chi connectivity index (χ0) is 11.9. The van der Waals surface area contributed by atoms with Gasteiger partial charge < -0.3 is 19.8 Å². The molecule has 0 aromatic carbocycles. The van der Waals surface area contributed by atoms with E-state index in [1.54, 1.807) is 0 Å². The largest absolute Gasteiger partial charge is 0.388 e. The molecule has 0 rings (SSSR count). The van der Waals surface area contributed by atoms with Crippen LogP contribution < -0.4 is 5.32 Å². The SMILES string of the molecule is CNCC[N+](C)(CCN(C)C)CC(C)O. The van der Waals surface area contributed by atoms with Crippen LogP contribution in [0.15, 0.2) is 0 Å². The fourth-order valence-electron chi connectivity index (χ4n) is 1.76. The Kier molecular flexibility index (Phi) is 7.09. The van der Waals surface area contributed by atoms with Gasteiger partial charge in [-0.2, -0.15) is 0 Å². The average molecular weight is 218 g/mol. The maximum Gasteiger partial charge on any atom is 0.105 e. The second-order valence-electron chi connectivity index (χ2n) is 5.01. The molecule has 0 aliphatic heterocycles. The Balaban J connectivity index is 4.13. The van der Waals surface area contributed by atoms with Gasteiger partial charge in [-0.15, -0.1) is 0 Å². The molecule has 2 N–H and O–H groups in total. The van der Waals surface area contributed by atoms with Gasteiger partial charge in [0.05, 0.1) is 20.1 Å². The van der Waals surface area contributed by atoms with Crippen LogP contribution in [-0.4, -0.2) is 81.5 Å². The van der Waals surface area contributed by atoms with Crippen molar-refractivity contribution >= 4 is 0 Å². The Bertz CT molecular complexity index is 162. The Morgan fingerprint density at radius 1 is 1.33 bits per heavy atom. The molecule has 0 saturated heterocycles. The molecule has 92 valence electrons. The topological polar surface area (TPSA) is 35.5 Å². The van der Waals surface area contributed by atoms with Gasteiger partial charge >= 0.3 is 0 Å². The van der Waals surface area contributed by atoms with Gasteiger partial charge in [0.15, 0.2) is 0 Å². The summed E-state index contributed by atoms with van der Waals surface area (Å²) >= 11 is 0. The highest BCUT2D eigenvalue weighted by atomic mass is 16.3. The Hall–Kier alpha value is -0.160. The minimum absolute atomic E-state index is 0.228. The summed E-state index contributed by atoms with van der Waals surface area (Å²) in [5.41, 5.74) is 0. The van der Waals surface area contributed by atoms with Gasteiger partial charge in [0.1, 0.15) is 12.6 Å². The average Bonchev–Trinajstić information content (AvgIpc) is 2.11. The molecule has 0 aromatic heterocycles. The van der Waals surface area contributed by atoms with Crippen LogP contribution in [0.25, 0.3) is 0 Å². The fraction of sp³-hybridized carbons (Fsp3) is 1.00. The summed E-state index contributed by atoms with van der Waals surface area (Å²) in [4.78, 5) is 2.19. The molecule has 0 fully saturated rings. The first kappa shape index (κ1) is 14.8. The van der Waals surface area contributed by atoms with Gasteiger partial charge in [-0.3, -0.25) is 0 Å². The maximum atomic E-state index is 9.50. The van der Waals surface area contributed by atoms with Crippen molar-refractivity contribution in [2.75, 3.05) is 60.9 Å². The van der Waals surface area contributed by atoms with E-state index in [-0.39, 0.29) is 6.10 Å². The van der Waals surface area contributed by atoms with E-state index in [0.717, 1.165) is 37.2 Å². The molecule has 0 saturated carbocycles. The lowest BCUT2D eigenvalue weighted by molar-refractivity contribution is -0.910. The highest BCUT2D eigenvalue weighted by molar-refractivity contribution is 4.51. The van der Waals surface area contributed by atoms with E-state index in [0.29, 0.717) is 0 Å². The fourth-order valence-corrected chi connectivity index (χ4v) is 1.76. The normalized spacial score (nSPS) is 17.8. The molecule has 0 heterocycles. The van der Waals surface area contributed by atoms with Crippen molar-refractivity contribution in [3.63, 3.8) is 0 Å². The second-order valence-corrected chi connectivity index (χ2v) is 5.01. The Labute approximate surface area is 94.5 Å². The van der Waals surface area contributed by atoms with E-state index in [1.807, 2.05) is 14.0 Å². The number of quaternary nitrogens is 1. The molecule has 2 atom stereocenters. The summed E-state index contributed by atoms with van der Waals surface area (Å²) in [5.74, 6) is 0. The minimum atomic E-state index is -0.228. The number of rotatable bonds is 8. The van der Waals surface area contributed by atoms with Gasteiger partial charge in [-0.25, -0.2) is 0 Å². The van der Waals surface area contributed by atoms with Gasteiger partial charge in [0.2, 0.25) is 0 Å². The number of likely N-dealkylation sites (N-methyl/N-ethyl adjacent to an activating group) is 3. The molecule has 4 heteroatoms. The van der Waals surface area contributed by atoms with Gasteiger partial charge in [0, 0.05) is 13.1 Å². The van der Waals surface area contributed by atoms with E-state index in [2.05, 4.69) is 31.4 Å². The molecule has 4 nitrogen and oxygen atoms in total. The third-order valence-electron chi connectivity index (χ3n) is 2.69. The molecule has 0 aliphatic carbocycles. The van der Waals surface area contributed by atoms with Crippen molar-refractivity contribution in [1.82, 2.24) is 10.2 Å². The first-order valence-electron chi connectivity index (χ1n) is 5.70. The molecule has 0 bridgehead atoms. The van der Waals surface area contributed by atoms with Crippen LogP contribution in [0.5, 0.6) is 0 Å². The highest BCUT2D eigenvalue weighted by Crippen LogP contribution is 2.04. The summed E-state index contributed by atoms with van der Waals surface area (Å²) in [7, 11) is 8.36. The zero-order valence-electron chi connectivity index (χ0n) is 11.0. The predicted octanol–water partition coefficient (Wildman–Crippen LogP) is -0.405. The first-order chi connectivity index (χ1) is 6.89. The molecule has 0 spiro atoms. The van der Waals surface area contributed by atoms with Gasteiger partial charge in [-0.05, 0) is 28.1 Å². The van der Waals surface area contributed by atoms with Crippen molar-refractivity contribution < 1.29 is 9.59 Å². The molecular formula is C11H28N3O+. The van der Waals surface area contributed by atoms with Crippen LogP contribution >= 0.6 is 0 Å².